The minimum Gasteiger partial charge on any atom is -0.506 e. The van der Waals surface area contributed by atoms with Gasteiger partial charge in [0.1, 0.15) is 16.7 Å². The first-order valence-corrected chi connectivity index (χ1v) is 22.8. The van der Waals surface area contributed by atoms with Crippen LogP contribution >= 0.6 is 0 Å². The Kier molecular flexibility index (Phi) is 12.9. The highest BCUT2D eigenvalue weighted by atomic mass is 32.2. The summed E-state index contributed by atoms with van der Waals surface area (Å²) in [5.41, 5.74) is 2.20. The average molecular weight is 941 g/mol. The molecule has 7 aromatic rings. The zero-order valence-corrected chi connectivity index (χ0v) is 35.3. The number of carboxylic acid groups (broad SMARTS) is 1. The van der Waals surface area contributed by atoms with Crippen LogP contribution in [-0.4, -0.2) is 76.1 Å². The number of rotatable bonds is 16. The van der Waals surface area contributed by atoms with Crippen molar-refractivity contribution in [2.75, 3.05) is 16.0 Å². The van der Waals surface area contributed by atoms with Gasteiger partial charge in [0.25, 0.3) is 30.4 Å². The Morgan fingerprint density at radius 2 is 1.11 bits per heavy atom. The van der Waals surface area contributed by atoms with Crippen molar-refractivity contribution in [3.05, 3.63) is 133 Å². The van der Waals surface area contributed by atoms with Gasteiger partial charge in [-0.1, -0.05) is 36.4 Å². The quantitative estimate of drug-likeness (QED) is 0.0259. The van der Waals surface area contributed by atoms with Gasteiger partial charge in [0.2, 0.25) is 17.8 Å². The van der Waals surface area contributed by atoms with Crippen molar-refractivity contribution in [2.24, 2.45) is 20.5 Å². The zero-order chi connectivity index (χ0) is 46.5. The minimum atomic E-state index is -4.95. The Bertz CT molecular complexity index is 3340. The Morgan fingerprint density at radius 3 is 1.69 bits per heavy atom. The molecular formula is C40H32N10O12S3. The van der Waals surface area contributed by atoms with E-state index in [1.807, 2.05) is 0 Å². The Labute approximate surface area is 368 Å². The second-order valence-electron chi connectivity index (χ2n) is 13.7. The van der Waals surface area contributed by atoms with Crippen molar-refractivity contribution >= 4 is 99.1 Å². The van der Waals surface area contributed by atoms with Crippen LogP contribution in [0.3, 0.4) is 0 Å². The number of hydrogen-bond acceptors (Lipinski definition) is 18. The van der Waals surface area contributed by atoms with E-state index in [1.165, 1.54) is 60.7 Å². The van der Waals surface area contributed by atoms with Gasteiger partial charge in [-0.05, 0) is 95.9 Å². The molecule has 0 saturated heterocycles. The second kappa shape index (κ2) is 18.5. The van der Waals surface area contributed by atoms with E-state index in [-0.39, 0.29) is 62.7 Å². The number of anilines is 5. The highest BCUT2D eigenvalue weighted by Gasteiger charge is 2.22. The van der Waals surface area contributed by atoms with Gasteiger partial charge in [-0.25, -0.2) is 4.79 Å². The Hall–Kier alpha value is -7.81. The molecule has 0 fully saturated rings. The number of carbonyl (C=O) groups is 1. The molecule has 0 aliphatic rings. The number of hydrogen-bond donors (Lipinski definition) is 8. The fourth-order valence-electron chi connectivity index (χ4n) is 5.93. The molecule has 7 rings (SSSR count). The third kappa shape index (κ3) is 11.8. The van der Waals surface area contributed by atoms with Crippen molar-refractivity contribution in [2.45, 2.75) is 27.1 Å². The van der Waals surface area contributed by atoms with E-state index < -0.39 is 52.2 Å². The topological polar surface area (TPSA) is 345 Å². The molecule has 0 saturated carbocycles. The summed E-state index contributed by atoms with van der Waals surface area (Å²) in [6.45, 7) is 0. The lowest BCUT2D eigenvalue weighted by atomic mass is 10.1. The lowest BCUT2D eigenvalue weighted by molar-refractivity contribution is -0.137. The summed E-state index contributed by atoms with van der Waals surface area (Å²) < 4.78 is 98.6. The van der Waals surface area contributed by atoms with Crippen LogP contribution in [-0.2, 0) is 41.6 Å². The van der Waals surface area contributed by atoms with Gasteiger partial charge < -0.3 is 26.2 Å². The largest absolute Gasteiger partial charge is 0.506 e. The molecule has 6 aromatic carbocycles. The highest BCUT2D eigenvalue weighted by Crippen LogP contribution is 2.34. The van der Waals surface area contributed by atoms with Gasteiger partial charge in [-0.15, -0.1) is 0 Å². The van der Waals surface area contributed by atoms with E-state index in [0.717, 1.165) is 11.6 Å². The van der Waals surface area contributed by atoms with E-state index in [0.29, 0.717) is 23.1 Å². The molecule has 0 aliphatic heterocycles. The molecule has 1 aromatic heterocycles. The fourth-order valence-corrected chi connectivity index (χ4v) is 7.76. The summed E-state index contributed by atoms with van der Waals surface area (Å²) in [6, 6.07) is 28.9. The van der Waals surface area contributed by atoms with Crippen LogP contribution in [0.1, 0.15) is 5.56 Å². The van der Waals surface area contributed by atoms with Gasteiger partial charge in [0.05, 0.1) is 38.2 Å². The lowest BCUT2D eigenvalue weighted by Gasteiger charge is -2.16. The van der Waals surface area contributed by atoms with Crippen LogP contribution in [0.2, 0.25) is 0 Å². The molecule has 25 heteroatoms. The third-order valence-corrected chi connectivity index (χ3v) is 11.6. The molecule has 1 unspecified atom stereocenters. The van der Waals surface area contributed by atoms with E-state index in [2.05, 4.69) is 51.4 Å². The van der Waals surface area contributed by atoms with Crippen molar-refractivity contribution < 1.29 is 53.9 Å². The monoisotopic (exact) mass is 940 g/mol. The molecule has 8 N–H and O–H groups in total. The number of aliphatic carboxylic acids is 1. The van der Waals surface area contributed by atoms with Gasteiger partial charge >= 0.3 is 5.97 Å². The number of phenols is 1. The number of nitrogens with one attached hydrogen (secondary N) is 3. The predicted octanol–water partition coefficient (Wildman–Crippen LogP) is 7.90. The van der Waals surface area contributed by atoms with Crippen LogP contribution in [0.25, 0.3) is 10.8 Å². The van der Waals surface area contributed by atoms with Crippen LogP contribution in [0, 0.1) is 0 Å². The average Bonchev–Trinajstić information content (AvgIpc) is 3.25. The smallest absolute Gasteiger partial charge is 0.326 e. The van der Waals surface area contributed by atoms with Crippen LogP contribution in [0.5, 0.6) is 5.75 Å². The maximum absolute atomic E-state index is 12.3. The third-order valence-electron chi connectivity index (χ3n) is 9.02. The van der Waals surface area contributed by atoms with Crippen molar-refractivity contribution in [1.29, 1.82) is 0 Å². The number of phenolic OH excluding ortho intramolecular Hbond substituents is 1. The summed E-state index contributed by atoms with van der Waals surface area (Å²) in [5, 5.41) is 46.0. The van der Waals surface area contributed by atoms with E-state index in [9.17, 15) is 53.9 Å². The maximum atomic E-state index is 12.3. The number of azo groups is 2. The summed E-state index contributed by atoms with van der Waals surface area (Å²) in [7, 11) is -14.1. The molecule has 0 aliphatic carbocycles. The Balaban J connectivity index is 1.13. The molecule has 332 valence electrons. The van der Waals surface area contributed by atoms with E-state index in [1.54, 1.807) is 54.6 Å². The minimum absolute atomic E-state index is 0.0474. The van der Waals surface area contributed by atoms with Gasteiger partial charge in [0.15, 0.2) is 0 Å². The van der Waals surface area contributed by atoms with Crippen molar-refractivity contribution in [3.63, 3.8) is 0 Å². The molecule has 0 bridgehead atoms. The van der Waals surface area contributed by atoms with Gasteiger partial charge in [0, 0.05) is 23.6 Å². The van der Waals surface area contributed by atoms with Crippen molar-refractivity contribution in [3.8, 4) is 5.75 Å². The second-order valence-corrected chi connectivity index (χ2v) is 17.9. The first kappa shape index (κ1) is 45.2. The summed E-state index contributed by atoms with van der Waals surface area (Å²) >= 11 is 0. The first-order valence-electron chi connectivity index (χ1n) is 18.5. The summed E-state index contributed by atoms with van der Waals surface area (Å²) in [6.07, 6.45) is 0.0702. The number of aromatic hydroxyl groups is 1. The van der Waals surface area contributed by atoms with Crippen molar-refractivity contribution in [1.82, 2.24) is 15.0 Å². The fraction of sp³-hybridized carbons (Fsp3) is 0.0500. The number of nitrogens with zero attached hydrogens (tertiary/aromatic N) is 7. The van der Waals surface area contributed by atoms with Crippen LogP contribution < -0.4 is 16.0 Å². The molecule has 0 amide bonds. The number of aromatic nitrogens is 3. The summed E-state index contributed by atoms with van der Waals surface area (Å²) in [5.74, 6) is -1.87. The van der Waals surface area contributed by atoms with E-state index in [4.69, 9.17) is 0 Å². The van der Waals surface area contributed by atoms with Gasteiger partial charge in [-0.3, -0.25) is 13.7 Å². The molecule has 1 atom stereocenters. The molecule has 22 nitrogen and oxygen atoms in total. The van der Waals surface area contributed by atoms with E-state index >= 15 is 0 Å². The van der Waals surface area contributed by atoms with Crippen LogP contribution in [0.15, 0.2) is 163 Å². The molecule has 1 heterocycles. The molecular weight excluding hydrogens is 909 g/mol. The maximum Gasteiger partial charge on any atom is 0.326 e. The SMILES string of the molecule is O=C(O)C(Cc1ccccc1)Nc1nc(Nc2ccc(N=Nc3ccc(S(=O)(=O)O)cc3)cc2)nc(Nc2ccc(N=Nc3ccc4cc(S(=O)(=O)O)cc(S(=O)(=O)O)c4c3)cc2O)n1. The molecule has 0 spiro atoms. The zero-order valence-electron chi connectivity index (χ0n) is 32.9. The number of benzene rings is 6. The number of carboxylic acids is 1. The van der Waals surface area contributed by atoms with Gasteiger partial charge in [-0.2, -0.15) is 60.7 Å². The molecule has 65 heavy (non-hydrogen) atoms. The Morgan fingerprint density at radius 1 is 0.569 bits per heavy atom. The standard InChI is InChI=1S/C40H32N10O12S3/c51-35-21-29(50-49-28-7-6-24-19-31(64(57,58)59)22-36(32(24)20-28)65(60,61)62)14-17-33(35)42-39-44-38(45-40(46-39)43-34(37(52)53)18-23-4-2-1-3-5-23)41-25-8-10-26(11-9-25)47-48-27-12-15-30(16-13-27)63(54,55)56/h1-17,19-22,34,51H,18H2,(H,52,53)(H,54,55,56)(H,57,58,59)(H,60,61,62)(H3,41,42,43,44,45,46). The first-order chi connectivity index (χ1) is 30.8. The molecule has 0 radical (unpaired) electrons. The normalized spacial score (nSPS) is 12.7. The number of fused-ring (bicyclic) bond motifs is 1. The lowest BCUT2D eigenvalue weighted by Crippen LogP contribution is -2.32. The van der Waals surface area contributed by atoms with Crippen LogP contribution in [0.4, 0.5) is 52.0 Å². The predicted molar refractivity (Wildman–Crippen MR) is 234 cm³/mol. The highest BCUT2D eigenvalue weighted by molar-refractivity contribution is 7.87. The summed E-state index contributed by atoms with van der Waals surface area (Å²) in [4.78, 5) is 23.6.